The van der Waals surface area contributed by atoms with E-state index in [1.165, 1.54) is 0 Å². The lowest BCUT2D eigenvalue weighted by molar-refractivity contribution is 0.0932. The Hall–Kier alpha value is -2.94. The molecule has 0 saturated heterocycles. The Labute approximate surface area is 160 Å². The van der Waals surface area contributed by atoms with E-state index in [1.54, 1.807) is 34.7 Å². The van der Waals surface area contributed by atoms with Crippen LogP contribution in [-0.4, -0.2) is 47.1 Å². The molecule has 1 unspecified atom stereocenters. The smallest absolute Gasteiger partial charge is 0.255 e. The third-order valence-electron chi connectivity index (χ3n) is 4.47. The largest absolute Gasteiger partial charge is 0.342 e. The van der Waals surface area contributed by atoms with Gasteiger partial charge in [0.1, 0.15) is 0 Å². The highest BCUT2D eigenvalue weighted by molar-refractivity contribution is 7.98. The number of hydrogen-bond donors (Lipinski definition) is 1. The molecule has 1 atom stereocenters. The zero-order chi connectivity index (χ0) is 18.8. The number of aryl methyl sites for hydroxylation is 1. The van der Waals surface area contributed by atoms with Crippen molar-refractivity contribution in [3.8, 4) is 0 Å². The molecular weight excluding hydrogens is 362 g/mol. The molecule has 1 N–H and O–H groups in total. The van der Waals surface area contributed by atoms with E-state index >= 15 is 0 Å². The van der Waals surface area contributed by atoms with Gasteiger partial charge in [0, 0.05) is 18.5 Å². The molecule has 0 aromatic carbocycles. The van der Waals surface area contributed by atoms with Crippen LogP contribution in [0.5, 0.6) is 0 Å². The standard InChI is InChI=1S/C18H19N7OS/c1-12-13(11-19-15-6-8-20-25(12)15)18(26)21-14(7-10-27-2)17-23-22-16-5-3-4-9-24(16)17/h3-6,8-9,11,14H,7,10H2,1-2H3,(H,21,26). The van der Waals surface area contributed by atoms with Gasteiger partial charge in [0.05, 0.1) is 23.5 Å². The first-order chi connectivity index (χ1) is 13.2. The lowest BCUT2D eigenvalue weighted by Crippen LogP contribution is -2.31. The summed E-state index contributed by atoms with van der Waals surface area (Å²) in [4.78, 5) is 17.3. The SMILES string of the molecule is CSCCC(NC(=O)c1cnc2ccnn2c1C)c1nnc2ccccn12. The Morgan fingerprint density at radius 2 is 2.15 bits per heavy atom. The minimum Gasteiger partial charge on any atom is -0.342 e. The van der Waals surface area contributed by atoms with Crippen LogP contribution in [0.25, 0.3) is 11.3 Å². The summed E-state index contributed by atoms with van der Waals surface area (Å²) in [6.07, 6.45) is 7.96. The maximum absolute atomic E-state index is 13.0. The number of pyridine rings is 1. The summed E-state index contributed by atoms with van der Waals surface area (Å²) in [5.74, 6) is 1.41. The average molecular weight is 381 g/mol. The Kier molecular flexibility index (Phi) is 4.76. The molecule has 4 rings (SSSR count). The second-order valence-electron chi connectivity index (χ2n) is 6.15. The van der Waals surface area contributed by atoms with Crippen molar-refractivity contribution in [2.75, 3.05) is 12.0 Å². The van der Waals surface area contributed by atoms with Crippen LogP contribution in [0.3, 0.4) is 0 Å². The number of nitrogens with one attached hydrogen (secondary N) is 1. The van der Waals surface area contributed by atoms with Gasteiger partial charge in [-0.1, -0.05) is 6.07 Å². The molecule has 1 amide bonds. The Bertz CT molecular complexity index is 1100. The lowest BCUT2D eigenvalue weighted by Gasteiger charge is -2.18. The molecule has 9 heteroatoms. The van der Waals surface area contributed by atoms with E-state index in [0.717, 1.165) is 29.3 Å². The summed E-state index contributed by atoms with van der Waals surface area (Å²) in [6.45, 7) is 1.86. The van der Waals surface area contributed by atoms with Crippen LogP contribution in [-0.2, 0) is 0 Å². The Balaban J connectivity index is 1.66. The number of rotatable bonds is 6. The number of carbonyl (C=O) groups excluding carboxylic acids is 1. The monoisotopic (exact) mass is 381 g/mol. The van der Waals surface area contributed by atoms with Crippen LogP contribution in [0.4, 0.5) is 0 Å². The van der Waals surface area contributed by atoms with Crippen molar-refractivity contribution in [1.82, 2.24) is 34.5 Å². The number of fused-ring (bicyclic) bond motifs is 2. The van der Waals surface area contributed by atoms with Gasteiger partial charge in [0.15, 0.2) is 17.1 Å². The van der Waals surface area contributed by atoms with E-state index in [-0.39, 0.29) is 11.9 Å². The van der Waals surface area contributed by atoms with Crippen LogP contribution in [0, 0.1) is 6.92 Å². The number of hydrogen-bond acceptors (Lipinski definition) is 6. The first-order valence-electron chi connectivity index (χ1n) is 8.58. The zero-order valence-corrected chi connectivity index (χ0v) is 15.8. The first-order valence-corrected chi connectivity index (χ1v) is 9.97. The molecule has 0 aliphatic heterocycles. The van der Waals surface area contributed by atoms with Crippen LogP contribution >= 0.6 is 11.8 Å². The van der Waals surface area contributed by atoms with E-state index in [4.69, 9.17) is 0 Å². The van der Waals surface area contributed by atoms with Gasteiger partial charge >= 0.3 is 0 Å². The van der Waals surface area contributed by atoms with E-state index < -0.39 is 0 Å². The van der Waals surface area contributed by atoms with Crippen molar-refractivity contribution >= 4 is 29.0 Å². The van der Waals surface area contributed by atoms with Crippen LogP contribution in [0.1, 0.15) is 34.3 Å². The van der Waals surface area contributed by atoms with Gasteiger partial charge in [0.25, 0.3) is 5.91 Å². The highest BCUT2D eigenvalue weighted by atomic mass is 32.2. The van der Waals surface area contributed by atoms with Gasteiger partial charge in [-0.05, 0) is 37.5 Å². The highest BCUT2D eigenvalue weighted by Crippen LogP contribution is 2.19. The fourth-order valence-electron chi connectivity index (χ4n) is 3.05. The maximum Gasteiger partial charge on any atom is 0.255 e. The van der Waals surface area contributed by atoms with Gasteiger partial charge in [-0.2, -0.15) is 16.9 Å². The zero-order valence-electron chi connectivity index (χ0n) is 15.0. The molecule has 0 spiro atoms. The molecule has 138 valence electrons. The van der Waals surface area contributed by atoms with Crippen molar-refractivity contribution < 1.29 is 4.79 Å². The van der Waals surface area contributed by atoms with E-state index in [2.05, 4.69) is 25.6 Å². The quantitative estimate of drug-likeness (QED) is 0.551. The van der Waals surface area contributed by atoms with Gasteiger partial charge in [-0.15, -0.1) is 10.2 Å². The molecule has 27 heavy (non-hydrogen) atoms. The van der Waals surface area contributed by atoms with Gasteiger partial charge in [0.2, 0.25) is 0 Å². The average Bonchev–Trinajstić information content (AvgIpc) is 3.32. The minimum atomic E-state index is -0.255. The molecule has 0 fully saturated rings. The van der Waals surface area contributed by atoms with Crippen LogP contribution in [0.15, 0.2) is 42.9 Å². The molecule has 4 aromatic heterocycles. The molecule has 0 bridgehead atoms. The van der Waals surface area contributed by atoms with E-state index in [0.29, 0.717) is 11.2 Å². The third kappa shape index (κ3) is 3.25. The molecule has 4 aromatic rings. The van der Waals surface area contributed by atoms with Crippen molar-refractivity contribution in [2.45, 2.75) is 19.4 Å². The summed E-state index contributed by atoms with van der Waals surface area (Å²) in [6, 6.07) is 7.28. The molecular formula is C18H19N7OS. The number of carbonyl (C=O) groups is 1. The Morgan fingerprint density at radius 3 is 3.00 bits per heavy atom. The van der Waals surface area contributed by atoms with Gasteiger partial charge in [-0.25, -0.2) is 9.50 Å². The minimum absolute atomic E-state index is 0.198. The summed E-state index contributed by atoms with van der Waals surface area (Å²) < 4.78 is 3.57. The van der Waals surface area contributed by atoms with Gasteiger partial charge < -0.3 is 5.32 Å². The van der Waals surface area contributed by atoms with E-state index in [9.17, 15) is 4.79 Å². The van der Waals surface area contributed by atoms with Crippen molar-refractivity contribution in [2.24, 2.45) is 0 Å². The molecule has 8 nitrogen and oxygen atoms in total. The molecule has 0 saturated carbocycles. The van der Waals surface area contributed by atoms with Crippen molar-refractivity contribution in [3.05, 3.63) is 59.9 Å². The number of aromatic nitrogens is 6. The summed E-state index contributed by atoms with van der Waals surface area (Å²) in [7, 11) is 0. The normalized spacial score (nSPS) is 12.5. The third-order valence-corrected chi connectivity index (χ3v) is 5.11. The number of nitrogens with zero attached hydrogens (tertiary/aromatic N) is 6. The maximum atomic E-state index is 13.0. The second-order valence-corrected chi connectivity index (χ2v) is 7.14. The Morgan fingerprint density at radius 1 is 1.26 bits per heavy atom. The van der Waals surface area contributed by atoms with Crippen molar-refractivity contribution in [3.63, 3.8) is 0 Å². The van der Waals surface area contributed by atoms with Crippen molar-refractivity contribution in [1.29, 1.82) is 0 Å². The second kappa shape index (κ2) is 7.36. The fraction of sp³-hybridized carbons (Fsp3) is 0.278. The van der Waals surface area contributed by atoms with Crippen LogP contribution in [0.2, 0.25) is 0 Å². The van der Waals surface area contributed by atoms with E-state index in [1.807, 2.05) is 42.0 Å². The summed E-state index contributed by atoms with van der Waals surface area (Å²) in [5, 5.41) is 15.9. The molecule has 0 aliphatic rings. The topological polar surface area (TPSA) is 89.5 Å². The predicted molar refractivity (Wildman–Crippen MR) is 104 cm³/mol. The lowest BCUT2D eigenvalue weighted by atomic mass is 10.1. The first kappa shape index (κ1) is 17.5. The fourth-order valence-corrected chi connectivity index (χ4v) is 3.52. The summed E-state index contributed by atoms with van der Waals surface area (Å²) in [5.41, 5.74) is 2.71. The predicted octanol–water partition coefficient (Wildman–Crippen LogP) is 2.30. The van der Waals surface area contributed by atoms with Gasteiger partial charge in [-0.3, -0.25) is 9.20 Å². The molecule has 0 radical (unpaired) electrons. The summed E-state index contributed by atoms with van der Waals surface area (Å²) >= 11 is 1.73. The number of amides is 1. The molecule has 0 aliphatic carbocycles. The number of thioether (sulfide) groups is 1. The van der Waals surface area contributed by atoms with Crippen LogP contribution < -0.4 is 5.32 Å². The highest BCUT2D eigenvalue weighted by Gasteiger charge is 2.22. The molecule has 4 heterocycles.